The largest absolute Gasteiger partial charge is 0.451 e. The fourth-order valence-corrected chi connectivity index (χ4v) is 2.77. The fraction of sp³-hybridized carbons (Fsp3) is 0.0370. The van der Waals surface area contributed by atoms with Gasteiger partial charge in [-0.05, 0) is 64.9 Å². The van der Waals surface area contributed by atoms with Gasteiger partial charge in [0.1, 0.15) is 5.75 Å². The zero-order chi connectivity index (χ0) is 22.9. The molecular formula is C27H18O5. The Morgan fingerprint density at radius 1 is 0.969 bits per heavy atom. The van der Waals surface area contributed by atoms with Crippen molar-refractivity contribution in [2.75, 3.05) is 0 Å². The summed E-state index contributed by atoms with van der Waals surface area (Å²) >= 11 is 0. The molecule has 2 radical (unpaired) electrons. The van der Waals surface area contributed by atoms with E-state index in [1.165, 1.54) is 18.2 Å². The Morgan fingerprint density at radius 2 is 1.69 bits per heavy atom. The number of hydrogen-bond acceptors (Lipinski definition) is 5. The second-order valence-electron chi connectivity index (χ2n) is 6.65. The van der Waals surface area contributed by atoms with Gasteiger partial charge in [-0.25, -0.2) is 9.59 Å². The minimum Gasteiger partial charge on any atom is -0.451 e. The first-order valence-corrected chi connectivity index (χ1v) is 9.57. The van der Waals surface area contributed by atoms with Crippen LogP contribution >= 0.6 is 0 Å². The molecule has 0 amide bonds. The molecular weight excluding hydrogens is 404 g/mol. The standard InChI is InChI=1S/C27H18O5/c1-3-24(28)6-4-5-20-7-11-22-18-23(13-12-21(22)17-20)27(30)32-25-14-8-19(9-15-25)10-16-26(29)31-2/h2-3,7-18H,1,6H2/b16-10+. The number of allylic oxidation sites excluding steroid dienone is 1. The molecule has 0 aliphatic carbocycles. The van der Waals surface area contributed by atoms with E-state index < -0.39 is 11.9 Å². The number of carbonyl (C=O) groups excluding carboxylic acids is 3. The van der Waals surface area contributed by atoms with Crippen molar-refractivity contribution >= 4 is 34.6 Å². The summed E-state index contributed by atoms with van der Waals surface area (Å²) < 4.78 is 9.47. The molecule has 0 heterocycles. The minimum atomic E-state index is -0.668. The number of rotatable bonds is 6. The van der Waals surface area contributed by atoms with E-state index in [9.17, 15) is 14.4 Å². The van der Waals surface area contributed by atoms with Crippen LogP contribution in [0.25, 0.3) is 16.8 Å². The van der Waals surface area contributed by atoms with E-state index in [-0.39, 0.29) is 12.2 Å². The molecule has 0 aliphatic rings. The highest BCUT2D eigenvalue weighted by atomic mass is 16.5. The molecule has 156 valence electrons. The van der Waals surface area contributed by atoms with Crippen molar-refractivity contribution in [3.63, 3.8) is 0 Å². The van der Waals surface area contributed by atoms with E-state index in [2.05, 4.69) is 23.2 Å². The fourth-order valence-electron chi connectivity index (χ4n) is 2.77. The maximum Gasteiger partial charge on any atom is 0.343 e. The van der Waals surface area contributed by atoms with Gasteiger partial charge in [0.25, 0.3) is 0 Å². The van der Waals surface area contributed by atoms with Crippen LogP contribution in [0.3, 0.4) is 0 Å². The molecule has 3 aromatic rings. The molecule has 5 heteroatoms. The number of hydrogen-bond donors (Lipinski definition) is 0. The topological polar surface area (TPSA) is 69.7 Å². The van der Waals surface area contributed by atoms with Gasteiger partial charge in [0.15, 0.2) is 12.9 Å². The Bertz CT molecular complexity index is 1270. The predicted molar refractivity (Wildman–Crippen MR) is 121 cm³/mol. The highest BCUT2D eigenvalue weighted by Gasteiger charge is 2.09. The van der Waals surface area contributed by atoms with Crippen LogP contribution in [0, 0.1) is 19.0 Å². The molecule has 0 N–H and O–H groups in total. The molecule has 3 aromatic carbocycles. The summed E-state index contributed by atoms with van der Waals surface area (Å²) in [5, 5.41) is 1.77. The van der Waals surface area contributed by atoms with Gasteiger partial charge in [0.2, 0.25) is 0 Å². The first kappa shape index (κ1) is 22.3. The normalized spacial score (nSPS) is 10.3. The number of ether oxygens (including phenoxy) is 2. The van der Waals surface area contributed by atoms with Crippen molar-refractivity contribution in [2.24, 2.45) is 0 Å². The summed E-state index contributed by atoms with van der Waals surface area (Å²) in [6, 6.07) is 17.4. The molecule has 0 aromatic heterocycles. The molecule has 3 rings (SSSR count). The Hall–Kier alpha value is -4.43. The molecule has 0 saturated carbocycles. The number of benzene rings is 3. The lowest BCUT2D eigenvalue weighted by molar-refractivity contribution is -0.132. The quantitative estimate of drug-likeness (QED) is 0.247. The van der Waals surface area contributed by atoms with Crippen LogP contribution in [0.15, 0.2) is 79.4 Å². The SMILES string of the molecule is [CH]OC(=O)/C=C/c1ccc(OC(=O)c2ccc3cc(C#CCC(=O)C=C)ccc3c2)cc1. The molecule has 5 nitrogen and oxygen atoms in total. The van der Waals surface area contributed by atoms with E-state index >= 15 is 0 Å². The van der Waals surface area contributed by atoms with Crippen LogP contribution in [-0.2, 0) is 14.3 Å². The van der Waals surface area contributed by atoms with Crippen molar-refractivity contribution in [3.8, 4) is 17.6 Å². The zero-order valence-corrected chi connectivity index (χ0v) is 17.0. The maximum atomic E-state index is 12.5. The van der Waals surface area contributed by atoms with E-state index in [4.69, 9.17) is 11.8 Å². The van der Waals surface area contributed by atoms with Gasteiger partial charge in [-0.2, -0.15) is 0 Å². The lowest BCUT2D eigenvalue weighted by Crippen LogP contribution is -2.08. The number of carbonyl (C=O) groups is 3. The van der Waals surface area contributed by atoms with E-state index in [1.54, 1.807) is 36.4 Å². The lowest BCUT2D eigenvalue weighted by Gasteiger charge is -2.06. The summed E-state index contributed by atoms with van der Waals surface area (Å²) in [7, 11) is 4.77. The summed E-state index contributed by atoms with van der Waals surface area (Å²) in [4.78, 5) is 34.8. The predicted octanol–water partition coefficient (Wildman–Crippen LogP) is 4.78. The number of fused-ring (bicyclic) bond motifs is 1. The zero-order valence-electron chi connectivity index (χ0n) is 17.0. The van der Waals surface area contributed by atoms with Gasteiger partial charge in [0.05, 0.1) is 12.0 Å². The van der Waals surface area contributed by atoms with Gasteiger partial charge in [-0.3, -0.25) is 4.79 Å². The van der Waals surface area contributed by atoms with Gasteiger partial charge in [-0.15, -0.1) is 0 Å². The van der Waals surface area contributed by atoms with Crippen molar-refractivity contribution in [2.45, 2.75) is 6.42 Å². The number of esters is 2. The van der Waals surface area contributed by atoms with Crippen molar-refractivity contribution < 1.29 is 23.9 Å². The summed E-state index contributed by atoms with van der Waals surface area (Å²) in [6.07, 6.45) is 4.10. The Balaban J connectivity index is 1.69. The molecule has 32 heavy (non-hydrogen) atoms. The van der Waals surface area contributed by atoms with Crippen molar-refractivity contribution in [1.82, 2.24) is 0 Å². The third kappa shape index (κ3) is 6.04. The number of ketones is 1. The van der Waals surface area contributed by atoms with Crippen LogP contribution in [0.5, 0.6) is 5.75 Å². The summed E-state index contributed by atoms with van der Waals surface area (Å²) in [5.41, 5.74) is 1.90. The highest BCUT2D eigenvalue weighted by Crippen LogP contribution is 2.20. The molecule has 0 fully saturated rings. The Labute approximate surface area is 186 Å². The van der Waals surface area contributed by atoms with Crippen LogP contribution < -0.4 is 4.74 Å². The second kappa shape index (κ2) is 10.6. The van der Waals surface area contributed by atoms with Crippen LogP contribution in [0.2, 0.25) is 0 Å². The monoisotopic (exact) mass is 422 g/mol. The van der Waals surface area contributed by atoms with Gasteiger partial charge >= 0.3 is 11.9 Å². The summed E-state index contributed by atoms with van der Waals surface area (Å²) in [5.74, 6) is 4.85. The van der Waals surface area contributed by atoms with E-state index in [1.807, 2.05) is 24.3 Å². The maximum absolute atomic E-state index is 12.5. The summed E-state index contributed by atoms with van der Waals surface area (Å²) in [6.45, 7) is 3.42. The molecule has 0 atom stereocenters. The molecule has 0 bridgehead atoms. The first-order chi connectivity index (χ1) is 15.5. The van der Waals surface area contributed by atoms with E-state index in [0.717, 1.165) is 16.3 Å². The van der Waals surface area contributed by atoms with Gasteiger partial charge in [0, 0.05) is 11.6 Å². The molecule has 0 saturated heterocycles. The van der Waals surface area contributed by atoms with Crippen LogP contribution in [-0.4, -0.2) is 17.7 Å². The van der Waals surface area contributed by atoms with Crippen molar-refractivity contribution in [1.29, 1.82) is 0 Å². The van der Waals surface area contributed by atoms with Crippen molar-refractivity contribution in [3.05, 3.63) is 103 Å². The van der Waals surface area contributed by atoms with Crippen LogP contribution in [0.4, 0.5) is 0 Å². The lowest BCUT2D eigenvalue weighted by atomic mass is 10.0. The molecule has 0 spiro atoms. The van der Waals surface area contributed by atoms with Gasteiger partial charge < -0.3 is 9.47 Å². The molecule has 0 unspecified atom stereocenters. The third-order valence-corrected chi connectivity index (χ3v) is 4.42. The van der Waals surface area contributed by atoms with E-state index in [0.29, 0.717) is 16.9 Å². The molecule has 0 aliphatic heterocycles. The Kier molecular flexibility index (Phi) is 7.34. The average molecular weight is 422 g/mol. The van der Waals surface area contributed by atoms with Crippen LogP contribution in [0.1, 0.15) is 27.9 Å². The average Bonchev–Trinajstić information content (AvgIpc) is 2.82. The third-order valence-electron chi connectivity index (χ3n) is 4.42. The highest BCUT2D eigenvalue weighted by molar-refractivity contribution is 5.97. The smallest absolute Gasteiger partial charge is 0.343 e. The first-order valence-electron chi connectivity index (χ1n) is 9.57. The second-order valence-corrected chi connectivity index (χ2v) is 6.65. The minimum absolute atomic E-state index is 0.121. The Morgan fingerprint density at radius 3 is 2.41 bits per heavy atom. The van der Waals surface area contributed by atoms with Gasteiger partial charge in [-0.1, -0.05) is 42.7 Å².